The van der Waals surface area contributed by atoms with Crippen LogP contribution in [0.3, 0.4) is 0 Å². The highest BCUT2D eigenvalue weighted by Crippen LogP contribution is 2.40. The number of carbonyl (C=O) groups excluding carboxylic acids is 2. The summed E-state index contributed by atoms with van der Waals surface area (Å²) in [5.74, 6) is -0.206. The van der Waals surface area contributed by atoms with Gasteiger partial charge in [-0.05, 0) is 44.0 Å². The van der Waals surface area contributed by atoms with Crippen LogP contribution in [0, 0.1) is 0 Å². The number of piperazine rings is 1. The second-order valence-electron chi connectivity index (χ2n) is 8.88. The zero-order chi connectivity index (χ0) is 23.0. The van der Waals surface area contributed by atoms with E-state index in [9.17, 15) is 18.0 Å². The molecule has 2 fully saturated rings. The lowest BCUT2D eigenvalue weighted by Crippen LogP contribution is -2.58. The molecule has 0 saturated carbocycles. The van der Waals surface area contributed by atoms with Gasteiger partial charge in [-0.3, -0.25) is 14.5 Å². The van der Waals surface area contributed by atoms with Gasteiger partial charge in [0.1, 0.15) is 12.6 Å². The maximum absolute atomic E-state index is 13.5. The van der Waals surface area contributed by atoms with Crippen molar-refractivity contribution in [2.45, 2.75) is 37.1 Å². The Labute approximate surface area is 190 Å². The Bertz CT molecular complexity index is 988. The highest BCUT2D eigenvalue weighted by molar-refractivity contribution is 7.89. The van der Waals surface area contributed by atoms with E-state index in [1.165, 1.54) is 19.0 Å². The highest BCUT2D eigenvalue weighted by Gasteiger charge is 2.41. The Hall–Kier alpha value is -2.17. The van der Waals surface area contributed by atoms with Crippen molar-refractivity contribution < 1.29 is 18.0 Å². The zero-order valence-corrected chi connectivity index (χ0v) is 20.0. The summed E-state index contributed by atoms with van der Waals surface area (Å²) < 4.78 is 26.7. The first-order valence-corrected chi connectivity index (χ1v) is 12.8. The number of benzene rings is 1. The topological polar surface area (TPSA) is 84.5 Å². The molecule has 0 aliphatic carbocycles. The fourth-order valence-electron chi connectivity index (χ4n) is 4.82. The summed E-state index contributed by atoms with van der Waals surface area (Å²) in [6.45, 7) is 6.70. The first kappa shape index (κ1) is 23.0. The summed E-state index contributed by atoms with van der Waals surface area (Å²) in [5, 5.41) is 0. The molecule has 1 aromatic carbocycles. The number of anilines is 2. The van der Waals surface area contributed by atoms with Crippen molar-refractivity contribution in [3.63, 3.8) is 0 Å². The Morgan fingerprint density at radius 3 is 2.44 bits per heavy atom. The molecule has 1 aromatic rings. The van der Waals surface area contributed by atoms with Gasteiger partial charge in [-0.25, -0.2) is 12.7 Å². The summed E-state index contributed by atoms with van der Waals surface area (Å²) >= 11 is 0. The van der Waals surface area contributed by atoms with Crippen molar-refractivity contribution in [3.05, 3.63) is 18.2 Å². The van der Waals surface area contributed by atoms with Gasteiger partial charge in [-0.15, -0.1) is 0 Å². The van der Waals surface area contributed by atoms with E-state index in [0.717, 1.165) is 55.4 Å². The molecular weight excluding hydrogens is 430 g/mol. The summed E-state index contributed by atoms with van der Waals surface area (Å²) in [5.41, 5.74) is 1.34. The third-order valence-corrected chi connectivity index (χ3v) is 8.66. The number of hydrogen-bond acceptors (Lipinski definition) is 6. The monoisotopic (exact) mass is 463 g/mol. The van der Waals surface area contributed by atoms with Gasteiger partial charge in [-0.1, -0.05) is 6.92 Å². The molecule has 10 heteroatoms. The number of amides is 2. The normalized spacial score (nSPS) is 22.2. The lowest BCUT2D eigenvalue weighted by molar-refractivity contribution is -0.133. The molecule has 4 rings (SSSR count). The fraction of sp³-hybridized carbons (Fsp3) is 0.636. The molecule has 2 amide bonds. The van der Waals surface area contributed by atoms with E-state index >= 15 is 0 Å². The predicted molar refractivity (Wildman–Crippen MR) is 123 cm³/mol. The van der Waals surface area contributed by atoms with Gasteiger partial charge >= 0.3 is 0 Å². The summed E-state index contributed by atoms with van der Waals surface area (Å²) in [6, 6.07) is 4.64. The van der Waals surface area contributed by atoms with Crippen LogP contribution in [0.25, 0.3) is 0 Å². The van der Waals surface area contributed by atoms with E-state index in [1.54, 1.807) is 18.2 Å². The molecule has 0 spiro atoms. The Morgan fingerprint density at radius 1 is 1.06 bits per heavy atom. The van der Waals surface area contributed by atoms with E-state index in [0.29, 0.717) is 18.8 Å². The van der Waals surface area contributed by atoms with Crippen molar-refractivity contribution in [3.8, 4) is 0 Å². The number of hydrogen-bond donors (Lipinski definition) is 0. The van der Waals surface area contributed by atoms with Crippen molar-refractivity contribution >= 4 is 33.2 Å². The average Bonchev–Trinajstić information content (AvgIpc) is 2.81. The third-order valence-electron chi connectivity index (χ3n) is 6.85. The standard InChI is InChI=1S/C22H33N5O4S/c1-4-24-11-13-25(14-12-24)21(28)16-27-20-15-17(32(30,31)23(2)3)8-9-18(20)26-10-6-5-7-19(26)22(27)29/h8-9,15,19H,4-7,10-14,16H2,1-3H3. The Morgan fingerprint density at radius 2 is 1.78 bits per heavy atom. The van der Waals surface area contributed by atoms with Crippen LogP contribution in [0.15, 0.2) is 23.1 Å². The maximum atomic E-state index is 13.5. The summed E-state index contributed by atoms with van der Waals surface area (Å²) in [6.07, 6.45) is 2.70. The molecule has 0 radical (unpaired) electrons. The zero-order valence-electron chi connectivity index (χ0n) is 19.2. The number of fused-ring (bicyclic) bond motifs is 3. The molecule has 3 aliphatic rings. The van der Waals surface area contributed by atoms with Crippen LogP contribution in [0.4, 0.5) is 11.4 Å². The molecule has 2 saturated heterocycles. The summed E-state index contributed by atoms with van der Waals surface area (Å²) in [7, 11) is -0.695. The quantitative estimate of drug-likeness (QED) is 0.643. The lowest BCUT2D eigenvalue weighted by Gasteiger charge is -2.45. The van der Waals surface area contributed by atoms with Crippen LogP contribution in [0.5, 0.6) is 0 Å². The van der Waals surface area contributed by atoms with Crippen molar-refractivity contribution in [2.24, 2.45) is 0 Å². The number of rotatable bonds is 5. The van der Waals surface area contributed by atoms with Gasteiger partial charge in [-0.2, -0.15) is 0 Å². The lowest BCUT2D eigenvalue weighted by atomic mass is 9.96. The molecule has 0 bridgehead atoms. The maximum Gasteiger partial charge on any atom is 0.250 e. The van der Waals surface area contributed by atoms with Crippen molar-refractivity contribution in [2.75, 3.05) is 69.7 Å². The Balaban J connectivity index is 1.67. The van der Waals surface area contributed by atoms with Gasteiger partial charge in [0.05, 0.1) is 16.3 Å². The van der Waals surface area contributed by atoms with E-state index in [2.05, 4.69) is 16.7 Å². The van der Waals surface area contributed by atoms with Gasteiger partial charge in [0.15, 0.2) is 0 Å². The van der Waals surface area contributed by atoms with Crippen LogP contribution in [0.1, 0.15) is 26.2 Å². The van der Waals surface area contributed by atoms with Gasteiger partial charge in [0, 0.05) is 46.8 Å². The molecule has 9 nitrogen and oxygen atoms in total. The van der Waals surface area contributed by atoms with Crippen molar-refractivity contribution in [1.82, 2.24) is 14.1 Å². The van der Waals surface area contributed by atoms with E-state index in [1.807, 2.05) is 4.90 Å². The molecular formula is C22H33N5O4S. The second-order valence-corrected chi connectivity index (χ2v) is 11.0. The summed E-state index contributed by atoms with van der Waals surface area (Å²) in [4.78, 5) is 34.4. The van der Waals surface area contributed by atoms with Gasteiger partial charge in [0.2, 0.25) is 21.8 Å². The molecule has 0 N–H and O–H groups in total. The SMILES string of the molecule is CCN1CCN(C(=O)CN2C(=O)C3CCCCN3c3ccc(S(=O)(=O)N(C)C)cc32)CC1. The number of carbonyl (C=O) groups is 2. The Kier molecular flexibility index (Phi) is 6.46. The molecule has 32 heavy (non-hydrogen) atoms. The van der Waals surface area contributed by atoms with E-state index < -0.39 is 10.0 Å². The number of piperidine rings is 1. The van der Waals surface area contributed by atoms with Crippen LogP contribution in [0.2, 0.25) is 0 Å². The largest absolute Gasteiger partial charge is 0.358 e. The first-order chi connectivity index (χ1) is 15.2. The van der Waals surface area contributed by atoms with Crippen LogP contribution < -0.4 is 9.80 Å². The minimum atomic E-state index is -3.66. The van der Waals surface area contributed by atoms with Crippen molar-refractivity contribution in [1.29, 1.82) is 0 Å². The number of likely N-dealkylation sites (N-methyl/N-ethyl adjacent to an activating group) is 1. The number of nitrogens with zero attached hydrogens (tertiary/aromatic N) is 5. The molecule has 0 aromatic heterocycles. The smallest absolute Gasteiger partial charge is 0.250 e. The molecule has 3 heterocycles. The number of sulfonamides is 1. The third kappa shape index (κ3) is 4.11. The van der Waals surface area contributed by atoms with Gasteiger partial charge in [0.25, 0.3) is 0 Å². The predicted octanol–water partition coefficient (Wildman–Crippen LogP) is 0.807. The first-order valence-electron chi connectivity index (χ1n) is 11.4. The fourth-order valence-corrected chi connectivity index (χ4v) is 5.74. The minimum Gasteiger partial charge on any atom is -0.358 e. The van der Waals surface area contributed by atoms with Crippen LogP contribution >= 0.6 is 0 Å². The van der Waals surface area contributed by atoms with Crippen LogP contribution in [-0.4, -0.2) is 100 Å². The highest BCUT2D eigenvalue weighted by atomic mass is 32.2. The minimum absolute atomic E-state index is 0.0617. The van der Waals surface area contributed by atoms with Gasteiger partial charge < -0.3 is 14.7 Å². The van der Waals surface area contributed by atoms with E-state index in [-0.39, 0.29) is 29.3 Å². The van der Waals surface area contributed by atoms with Crippen LogP contribution in [-0.2, 0) is 19.6 Å². The molecule has 3 aliphatic heterocycles. The molecule has 1 atom stereocenters. The molecule has 176 valence electrons. The second kappa shape index (κ2) is 8.99. The average molecular weight is 464 g/mol. The van der Waals surface area contributed by atoms with E-state index in [4.69, 9.17) is 0 Å². The molecule has 1 unspecified atom stereocenters.